The molecule has 0 aliphatic heterocycles. The predicted molar refractivity (Wildman–Crippen MR) is 64.4 cm³/mol. The Kier molecular flexibility index (Phi) is 3.27. The average Bonchev–Trinajstić information content (AvgIpc) is 2.30. The molecule has 0 spiro atoms. The summed E-state index contributed by atoms with van der Waals surface area (Å²) in [6.45, 7) is 0.422. The van der Waals surface area contributed by atoms with Crippen molar-refractivity contribution in [3.8, 4) is 5.75 Å². The number of benzene rings is 1. The fourth-order valence-corrected chi connectivity index (χ4v) is 1.42. The normalized spacial score (nSPS) is 10.1. The smallest absolute Gasteiger partial charge is 0.119 e. The van der Waals surface area contributed by atoms with Gasteiger partial charge in [-0.05, 0) is 30.3 Å². The second kappa shape index (κ2) is 4.86. The highest BCUT2D eigenvalue weighted by Crippen LogP contribution is 2.18. The summed E-state index contributed by atoms with van der Waals surface area (Å²) < 4.78 is 5.56. The Morgan fingerprint density at radius 2 is 1.94 bits per heavy atom. The Hall–Kier alpha value is -1.74. The molecule has 4 heteroatoms. The number of aromatic nitrogens is 1. The van der Waals surface area contributed by atoms with Gasteiger partial charge in [-0.2, -0.15) is 0 Å². The van der Waals surface area contributed by atoms with Crippen LogP contribution in [0, 0.1) is 0 Å². The molecule has 0 radical (unpaired) electrons. The van der Waals surface area contributed by atoms with E-state index in [2.05, 4.69) is 4.98 Å². The van der Waals surface area contributed by atoms with Gasteiger partial charge in [0, 0.05) is 23.6 Å². The first-order valence-electron chi connectivity index (χ1n) is 4.82. The van der Waals surface area contributed by atoms with Crippen LogP contribution < -0.4 is 10.5 Å². The van der Waals surface area contributed by atoms with Crippen LogP contribution in [0.1, 0.15) is 5.56 Å². The number of ether oxygens (including phenoxy) is 1. The van der Waals surface area contributed by atoms with E-state index in [0.717, 1.165) is 11.3 Å². The standard InChI is InChI=1S/C12H11ClN2O/c13-12-7-15-6-5-9(12)8-16-11-3-1-10(14)2-4-11/h1-7H,8,14H2. The van der Waals surface area contributed by atoms with E-state index in [-0.39, 0.29) is 0 Å². The lowest BCUT2D eigenvalue weighted by Gasteiger charge is -2.07. The van der Waals surface area contributed by atoms with E-state index in [9.17, 15) is 0 Å². The number of rotatable bonds is 3. The van der Waals surface area contributed by atoms with Gasteiger partial charge in [0.15, 0.2) is 0 Å². The Labute approximate surface area is 98.8 Å². The molecule has 0 aliphatic carbocycles. The minimum atomic E-state index is 0.422. The molecular formula is C12H11ClN2O. The van der Waals surface area contributed by atoms with Crippen molar-refractivity contribution in [3.63, 3.8) is 0 Å². The summed E-state index contributed by atoms with van der Waals surface area (Å²) in [4.78, 5) is 3.91. The van der Waals surface area contributed by atoms with E-state index >= 15 is 0 Å². The largest absolute Gasteiger partial charge is 0.489 e. The van der Waals surface area contributed by atoms with Crippen molar-refractivity contribution in [2.45, 2.75) is 6.61 Å². The molecule has 3 nitrogen and oxygen atoms in total. The summed E-state index contributed by atoms with van der Waals surface area (Å²) in [5.41, 5.74) is 7.20. The molecule has 16 heavy (non-hydrogen) atoms. The number of nitrogens with zero attached hydrogens (tertiary/aromatic N) is 1. The highest BCUT2D eigenvalue weighted by atomic mass is 35.5. The monoisotopic (exact) mass is 234 g/mol. The third-order valence-electron chi connectivity index (χ3n) is 2.13. The van der Waals surface area contributed by atoms with Crippen LogP contribution in [0.4, 0.5) is 5.69 Å². The number of pyridine rings is 1. The molecule has 0 aliphatic rings. The quantitative estimate of drug-likeness (QED) is 0.831. The molecule has 2 aromatic rings. The van der Waals surface area contributed by atoms with Crippen molar-refractivity contribution in [2.75, 3.05) is 5.73 Å². The zero-order valence-corrected chi connectivity index (χ0v) is 9.32. The topological polar surface area (TPSA) is 48.1 Å². The Morgan fingerprint density at radius 1 is 1.19 bits per heavy atom. The predicted octanol–water partition coefficient (Wildman–Crippen LogP) is 2.90. The lowest BCUT2D eigenvalue weighted by atomic mass is 10.3. The third-order valence-corrected chi connectivity index (χ3v) is 2.47. The SMILES string of the molecule is Nc1ccc(OCc2ccncc2Cl)cc1. The number of anilines is 1. The van der Waals surface area contributed by atoms with Crippen LogP contribution in [0.3, 0.4) is 0 Å². The van der Waals surface area contributed by atoms with Crippen molar-refractivity contribution >= 4 is 17.3 Å². The van der Waals surface area contributed by atoms with E-state index in [1.165, 1.54) is 0 Å². The lowest BCUT2D eigenvalue weighted by Crippen LogP contribution is -1.96. The first-order valence-corrected chi connectivity index (χ1v) is 5.20. The van der Waals surface area contributed by atoms with Gasteiger partial charge in [0.2, 0.25) is 0 Å². The molecule has 0 saturated carbocycles. The molecule has 0 atom stereocenters. The van der Waals surface area contributed by atoms with Gasteiger partial charge < -0.3 is 10.5 Å². The summed E-state index contributed by atoms with van der Waals surface area (Å²) in [6.07, 6.45) is 3.29. The summed E-state index contributed by atoms with van der Waals surface area (Å²) in [5, 5.41) is 0.609. The molecule has 0 bridgehead atoms. The fraction of sp³-hybridized carbons (Fsp3) is 0.0833. The van der Waals surface area contributed by atoms with Gasteiger partial charge in [-0.3, -0.25) is 4.98 Å². The van der Waals surface area contributed by atoms with Gasteiger partial charge in [-0.15, -0.1) is 0 Å². The van der Waals surface area contributed by atoms with Gasteiger partial charge >= 0.3 is 0 Å². The fourth-order valence-electron chi connectivity index (χ4n) is 1.25. The van der Waals surface area contributed by atoms with Crippen LogP contribution in [0.5, 0.6) is 5.75 Å². The number of halogens is 1. The van der Waals surface area contributed by atoms with Crippen LogP contribution in [0.2, 0.25) is 5.02 Å². The summed E-state index contributed by atoms with van der Waals surface area (Å²) in [7, 11) is 0. The van der Waals surface area contributed by atoms with Gasteiger partial charge in [0.25, 0.3) is 0 Å². The lowest BCUT2D eigenvalue weighted by molar-refractivity contribution is 0.306. The first-order chi connectivity index (χ1) is 7.75. The molecule has 1 aromatic carbocycles. The van der Waals surface area contributed by atoms with Crippen LogP contribution in [0.25, 0.3) is 0 Å². The van der Waals surface area contributed by atoms with E-state index in [1.54, 1.807) is 24.5 Å². The van der Waals surface area contributed by atoms with E-state index < -0.39 is 0 Å². The molecule has 0 fully saturated rings. The Morgan fingerprint density at radius 3 is 2.62 bits per heavy atom. The molecule has 1 aromatic heterocycles. The second-order valence-electron chi connectivity index (χ2n) is 3.32. The van der Waals surface area contributed by atoms with Gasteiger partial charge in [-0.1, -0.05) is 11.6 Å². The van der Waals surface area contributed by atoms with Crippen LogP contribution in [0.15, 0.2) is 42.7 Å². The zero-order valence-electron chi connectivity index (χ0n) is 8.56. The van der Waals surface area contributed by atoms with Gasteiger partial charge in [-0.25, -0.2) is 0 Å². The Bertz CT molecular complexity index is 471. The highest BCUT2D eigenvalue weighted by molar-refractivity contribution is 6.31. The second-order valence-corrected chi connectivity index (χ2v) is 3.73. The Balaban J connectivity index is 2.02. The van der Waals surface area contributed by atoms with Gasteiger partial charge in [0.1, 0.15) is 12.4 Å². The molecule has 0 saturated heterocycles. The molecule has 1 heterocycles. The number of hydrogen-bond acceptors (Lipinski definition) is 3. The van der Waals surface area contributed by atoms with Crippen molar-refractivity contribution in [1.29, 1.82) is 0 Å². The maximum atomic E-state index is 5.95. The summed E-state index contributed by atoms with van der Waals surface area (Å²) >= 11 is 5.95. The molecule has 82 valence electrons. The molecule has 0 unspecified atom stereocenters. The summed E-state index contributed by atoms with van der Waals surface area (Å²) in [6, 6.07) is 9.07. The van der Waals surface area contributed by atoms with Crippen LogP contribution >= 0.6 is 11.6 Å². The third kappa shape index (κ3) is 2.64. The van der Waals surface area contributed by atoms with Crippen LogP contribution in [-0.2, 0) is 6.61 Å². The number of nitrogen functional groups attached to an aromatic ring is 1. The van der Waals surface area contributed by atoms with Crippen LogP contribution in [-0.4, -0.2) is 4.98 Å². The minimum Gasteiger partial charge on any atom is -0.489 e. The molecule has 2 N–H and O–H groups in total. The molecule has 2 rings (SSSR count). The van der Waals surface area contributed by atoms with E-state index in [0.29, 0.717) is 17.3 Å². The van der Waals surface area contributed by atoms with Crippen molar-refractivity contribution in [2.24, 2.45) is 0 Å². The van der Waals surface area contributed by atoms with Crippen molar-refractivity contribution < 1.29 is 4.74 Å². The minimum absolute atomic E-state index is 0.422. The maximum Gasteiger partial charge on any atom is 0.119 e. The van der Waals surface area contributed by atoms with Crippen molar-refractivity contribution in [1.82, 2.24) is 4.98 Å². The van der Waals surface area contributed by atoms with E-state index in [4.69, 9.17) is 22.1 Å². The molecule has 0 amide bonds. The van der Waals surface area contributed by atoms with Gasteiger partial charge in [0.05, 0.1) is 5.02 Å². The average molecular weight is 235 g/mol. The number of hydrogen-bond donors (Lipinski definition) is 1. The zero-order chi connectivity index (χ0) is 11.4. The number of nitrogens with two attached hydrogens (primary N) is 1. The summed E-state index contributed by atoms with van der Waals surface area (Å²) in [5.74, 6) is 0.766. The molecular weight excluding hydrogens is 224 g/mol. The van der Waals surface area contributed by atoms with E-state index in [1.807, 2.05) is 18.2 Å². The first kappa shape index (κ1) is 10.8. The van der Waals surface area contributed by atoms with Crippen molar-refractivity contribution in [3.05, 3.63) is 53.3 Å². The highest BCUT2D eigenvalue weighted by Gasteiger charge is 2.00. The maximum absolute atomic E-state index is 5.95.